The number of benzene rings is 2. The molecule has 1 N–H and O–H groups in total. The molecular weight excluding hydrogens is 432 g/mol. The van der Waals surface area contributed by atoms with Crippen LogP contribution in [0.15, 0.2) is 22.7 Å². The normalized spacial score (nSPS) is 10.7. The number of methoxy groups -OCH3 is 3. The van der Waals surface area contributed by atoms with Gasteiger partial charge in [-0.05, 0) is 53.0 Å². The lowest BCUT2D eigenvalue weighted by Gasteiger charge is -2.16. The van der Waals surface area contributed by atoms with Crippen LogP contribution in [0.25, 0.3) is 10.2 Å². The predicted octanol–water partition coefficient (Wildman–Crippen LogP) is 4.95. The molecule has 0 aliphatic carbocycles. The molecule has 0 fully saturated rings. The second-order valence-electron chi connectivity index (χ2n) is 5.83. The predicted molar refractivity (Wildman–Crippen MR) is 111 cm³/mol. The average molecular weight is 451 g/mol. The van der Waals surface area contributed by atoms with Gasteiger partial charge in [-0.2, -0.15) is 0 Å². The average Bonchev–Trinajstić information content (AvgIpc) is 3.07. The highest BCUT2D eigenvalue weighted by Gasteiger charge is 2.23. The highest BCUT2D eigenvalue weighted by atomic mass is 79.9. The van der Waals surface area contributed by atoms with Gasteiger partial charge in [0.05, 0.1) is 41.6 Å². The monoisotopic (exact) mass is 450 g/mol. The molecule has 3 rings (SSSR count). The number of carbonyl (C=O) groups excluding carboxylic acids is 1. The summed E-state index contributed by atoms with van der Waals surface area (Å²) < 4.78 is 17.6. The molecule has 0 unspecified atom stereocenters. The first-order chi connectivity index (χ1) is 12.9. The van der Waals surface area contributed by atoms with E-state index in [0.717, 1.165) is 21.3 Å². The van der Waals surface area contributed by atoms with E-state index in [1.165, 1.54) is 32.7 Å². The fourth-order valence-electron chi connectivity index (χ4n) is 2.73. The highest BCUT2D eigenvalue weighted by Crippen LogP contribution is 2.45. The third kappa shape index (κ3) is 3.46. The lowest BCUT2D eigenvalue weighted by atomic mass is 10.1. The van der Waals surface area contributed by atoms with Gasteiger partial charge in [-0.3, -0.25) is 10.1 Å². The minimum absolute atomic E-state index is 0.324. The number of anilines is 1. The molecule has 1 aromatic heterocycles. The summed E-state index contributed by atoms with van der Waals surface area (Å²) in [5.41, 5.74) is 3.53. The number of nitrogens with one attached hydrogen (secondary N) is 1. The Kier molecular flexibility index (Phi) is 5.57. The molecule has 0 saturated heterocycles. The van der Waals surface area contributed by atoms with Crippen LogP contribution in [0.5, 0.6) is 17.2 Å². The topological polar surface area (TPSA) is 69.7 Å². The van der Waals surface area contributed by atoms with Crippen LogP contribution in [0.3, 0.4) is 0 Å². The number of ether oxygens (including phenoxy) is 3. The molecule has 0 aliphatic rings. The zero-order chi connectivity index (χ0) is 19.7. The zero-order valence-corrected chi connectivity index (χ0v) is 18.0. The van der Waals surface area contributed by atoms with Crippen LogP contribution in [0.2, 0.25) is 0 Å². The van der Waals surface area contributed by atoms with Crippen molar-refractivity contribution in [3.8, 4) is 17.2 Å². The standard InChI is InChI=1S/C19H19BrN2O4S/c1-9-6-7-13-15(10(9)2)21-19(27-13)22-18(23)11-8-12(24-3)16(25-4)17(26-5)14(11)20/h6-8H,1-5H3,(H,21,22,23). The Labute approximate surface area is 169 Å². The Bertz CT molecular complexity index is 1030. The molecule has 1 heterocycles. The van der Waals surface area contributed by atoms with Gasteiger partial charge >= 0.3 is 0 Å². The molecule has 6 nitrogen and oxygen atoms in total. The molecule has 2 aromatic carbocycles. The number of halogens is 1. The number of aromatic nitrogens is 1. The molecule has 0 saturated carbocycles. The second kappa shape index (κ2) is 7.74. The number of amides is 1. The first kappa shape index (κ1) is 19.4. The van der Waals surface area contributed by atoms with E-state index in [-0.39, 0.29) is 5.91 Å². The molecular formula is C19H19BrN2O4S. The molecule has 0 spiro atoms. The van der Waals surface area contributed by atoms with Gasteiger partial charge in [0, 0.05) is 0 Å². The molecule has 3 aromatic rings. The number of rotatable bonds is 5. The number of thiazole rings is 1. The molecule has 8 heteroatoms. The minimum Gasteiger partial charge on any atom is -0.493 e. The van der Waals surface area contributed by atoms with E-state index in [9.17, 15) is 4.79 Å². The van der Waals surface area contributed by atoms with Crippen LogP contribution < -0.4 is 19.5 Å². The van der Waals surface area contributed by atoms with Crippen molar-refractivity contribution in [1.29, 1.82) is 0 Å². The SMILES string of the molecule is COc1cc(C(=O)Nc2nc3c(C)c(C)ccc3s2)c(Br)c(OC)c1OC. The maximum atomic E-state index is 12.9. The smallest absolute Gasteiger partial charge is 0.258 e. The van der Waals surface area contributed by atoms with Crippen molar-refractivity contribution in [1.82, 2.24) is 4.98 Å². The van der Waals surface area contributed by atoms with Gasteiger partial charge < -0.3 is 14.2 Å². The molecule has 27 heavy (non-hydrogen) atoms. The van der Waals surface area contributed by atoms with Gasteiger partial charge in [-0.25, -0.2) is 4.98 Å². The van der Waals surface area contributed by atoms with E-state index in [2.05, 4.69) is 32.3 Å². The Morgan fingerprint density at radius 3 is 2.44 bits per heavy atom. The summed E-state index contributed by atoms with van der Waals surface area (Å²) in [4.78, 5) is 17.4. The van der Waals surface area contributed by atoms with E-state index in [4.69, 9.17) is 14.2 Å². The third-order valence-electron chi connectivity index (χ3n) is 4.32. The van der Waals surface area contributed by atoms with Crippen molar-refractivity contribution >= 4 is 48.5 Å². The number of fused-ring (bicyclic) bond motifs is 1. The van der Waals surface area contributed by atoms with Crippen molar-refractivity contribution in [3.05, 3.63) is 39.4 Å². The van der Waals surface area contributed by atoms with Crippen LogP contribution in [-0.2, 0) is 0 Å². The van der Waals surface area contributed by atoms with Gasteiger partial charge in [-0.15, -0.1) is 0 Å². The largest absolute Gasteiger partial charge is 0.493 e. The van der Waals surface area contributed by atoms with Gasteiger partial charge in [0.15, 0.2) is 16.6 Å². The Morgan fingerprint density at radius 1 is 1.11 bits per heavy atom. The number of nitrogens with zero attached hydrogens (tertiary/aromatic N) is 1. The Balaban J connectivity index is 2.00. The van der Waals surface area contributed by atoms with E-state index in [0.29, 0.717) is 32.4 Å². The van der Waals surface area contributed by atoms with Gasteiger partial charge in [0.25, 0.3) is 5.91 Å². The number of aryl methyl sites for hydroxylation is 2. The summed E-state index contributed by atoms with van der Waals surface area (Å²) in [5.74, 6) is 0.875. The molecule has 1 amide bonds. The fourth-order valence-corrected chi connectivity index (χ4v) is 4.29. The van der Waals surface area contributed by atoms with Crippen LogP contribution in [-0.4, -0.2) is 32.2 Å². The summed E-state index contributed by atoms with van der Waals surface area (Å²) in [5, 5.41) is 3.39. The van der Waals surface area contributed by atoms with Crippen molar-refractivity contribution < 1.29 is 19.0 Å². The van der Waals surface area contributed by atoms with Crippen molar-refractivity contribution in [2.24, 2.45) is 0 Å². The van der Waals surface area contributed by atoms with E-state index >= 15 is 0 Å². The Morgan fingerprint density at radius 2 is 1.81 bits per heavy atom. The van der Waals surface area contributed by atoms with E-state index < -0.39 is 0 Å². The number of hydrogen-bond acceptors (Lipinski definition) is 6. The van der Waals surface area contributed by atoms with Gasteiger partial charge in [0.2, 0.25) is 5.75 Å². The zero-order valence-electron chi connectivity index (χ0n) is 15.6. The first-order valence-corrected chi connectivity index (χ1v) is 9.68. The van der Waals surface area contributed by atoms with E-state index in [1.54, 1.807) is 6.07 Å². The van der Waals surface area contributed by atoms with Crippen LogP contribution in [0, 0.1) is 13.8 Å². The summed E-state index contributed by atoms with van der Waals surface area (Å²) in [6.07, 6.45) is 0. The first-order valence-electron chi connectivity index (χ1n) is 8.07. The highest BCUT2D eigenvalue weighted by molar-refractivity contribution is 9.10. The van der Waals surface area contributed by atoms with Gasteiger partial charge in [0.1, 0.15) is 0 Å². The van der Waals surface area contributed by atoms with Crippen molar-refractivity contribution in [2.75, 3.05) is 26.6 Å². The van der Waals surface area contributed by atoms with Crippen molar-refractivity contribution in [2.45, 2.75) is 13.8 Å². The third-order valence-corrected chi connectivity index (χ3v) is 6.04. The molecule has 142 valence electrons. The Hall–Kier alpha value is -2.32. The van der Waals surface area contributed by atoms with Crippen LogP contribution in [0.4, 0.5) is 5.13 Å². The molecule has 0 aliphatic heterocycles. The number of hydrogen-bond donors (Lipinski definition) is 1. The maximum Gasteiger partial charge on any atom is 0.258 e. The molecule has 0 bridgehead atoms. The second-order valence-corrected chi connectivity index (χ2v) is 7.66. The summed E-state index contributed by atoms with van der Waals surface area (Å²) in [7, 11) is 4.52. The summed E-state index contributed by atoms with van der Waals surface area (Å²) in [6.45, 7) is 4.07. The van der Waals surface area contributed by atoms with Gasteiger partial charge in [-0.1, -0.05) is 17.4 Å². The van der Waals surface area contributed by atoms with Crippen molar-refractivity contribution in [3.63, 3.8) is 0 Å². The molecule has 0 radical (unpaired) electrons. The minimum atomic E-state index is -0.324. The quantitative estimate of drug-likeness (QED) is 0.594. The molecule has 0 atom stereocenters. The maximum absolute atomic E-state index is 12.9. The lowest BCUT2D eigenvalue weighted by Crippen LogP contribution is -2.13. The van der Waals surface area contributed by atoms with Crippen LogP contribution >= 0.6 is 27.3 Å². The summed E-state index contributed by atoms with van der Waals surface area (Å²) >= 11 is 4.86. The number of carbonyl (C=O) groups is 1. The summed E-state index contributed by atoms with van der Waals surface area (Å²) in [6, 6.07) is 5.67. The fraction of sp³-hybridized carbons (Fsp3) is 0.263. The lowest BCUT2D eigenvalue weighted by molar-refractivity contribution is 0.102. The van der Waals surface area contributed by atoms with Crippen LogP contribution in [0.1, 0.15) is 21.5 Å². The van der Waals surface area contributed by atoms with E-state index in [1.807, 2.05) is 19.9 Å².